The third-order valence-electron chi connectivity index (χ3n) is 3.51. The van der Waals surface area contributed by atoms with Crippen molar-refractivity contribution < 1.29 is 19.2 Å². The van der Waals surface area contributed by atoms with Crippen molar-refractivity contribution in [1.82, 2.24) is 10.2 Å². The Morgan fingerprint density at radius 1 is 1.15 bits per heavy atom. The molecule has 0 spiro atoms. The Bertz CT molecular complexity index is 1020. The van der Waals surface area contributed by atoms with Crippen molar-refractivity contribution in [1.29, 1.82) is 0 Å². The predicted molar refractivity (Wildman–Crippen MR) is 98.0 cm³/mol. The van der Waals surface area contributed by atoms with Gasteiger partial charge < -0.3 is 4.74 Å². The Labute approximate surface area is 156 Å². The van der Waals surface area contributed by atoms with Crippen LogP contribution in [0.1, 0.15) is 10.4 Å². The predicted octanol–water partition coefficient (Wildman–Crippen LogP) is 2.94. The van der Waals surface area contributed by atoms with E-state index in [9.17, 15) is 19.7 Å². The molecule has 0 bridgehead atoms. The van der Waals surface area contributed by atoms with Crippen molar-refractivity contribution in [2.24, 2.45) is 0 Å². The zero-order chi connectivity index (χ0) is 19.4. The zero-order valence-corrected chi connectivity index (χ0v) is 14.7. The lowest BCUT2D eigenvalue weighted by molar-refractivity contribution is -0.384. The molecule has 3 aromatic rings. The molecule has 1 amide bonds. The van der Waals surface area contributed by atoms with Crippen LogP contribution in [0.4, 0.5) is 10.8 Å². The summed E-state index contributed by atoms with van der Waals surface area (Å²) < 4.78 is 5.00. The van der Waals surface area contributed by atoms with Crippen LogP contribution in [-0.4, -0.2) is 33.9 Å². The fraction of sp³-hybridized carbons (Fsp3) is 0.0588. The number of carbonyl (C=O) groups is 2. The Kier molecular flexibility index (Phi) is 5.18. The second-order valence-corrected chi connectivity index (χ2v) is 6.21. The van der Waals surface area contributed by atoms with Gasteiger partial charge in [0.2, 0.25) is 5.13 Å². The van der Waals surface area contributed by atoms with Gasteiger partial charge in [-0.3, -0.25) is 25.0 Å². The minimum Gasteiger partial charge on any atom is -0.497 e. The van der Waals surface area contributed by atoms with E-state index >= 15 is 0 Å². The smallest absolute Gasteiger partial charge is 0.298 e. The number of ketones is 1. The minimum atomic E-state index is -0.859. The number of rotatable bonds is 6. The van der Waals surface area contributed by atoms with Gasteiger partial charge in [0, 0.05) is 23.3 Å². The lowest BCUT2D eigenvalue weighted by Gasteiger charge is -2.02. The van der Waals surface area contributed by atoms with Gasteiger partial charge >= 0.3 is 0 Å². The van der Waals surface area contributed by atoms with Gasteiger partial charge in [-0.05, 0) is 24.3 Å². The minimum absolute atomic E-state index is 0.0806. The van der Waals surface area contributed by atoms with E-state index in [0.29, 0.717) is 16.3 Å². The number of anilines is 1. The van der Waals surface area contributed by atoms with Crippen molar-refractivity contribution in [3.05, 3.63) is 64.2 Å². The largest absolute Gasteiger partial charge is 0.497 e. The highest BCUT2D eigenvalue weighted by Crippen LogP contribution is 2.28. The molecule has 0 aliphatic carbocycles. The average Bonchev–Trinajstić information content (AvgIpc) is 3.16. The molecule has 0 unspecified atom stereocenters. The summed E-state index contributed by atoms with van der Waals surface area (Å²) in [6.45, 7) is 0. The number of amides is 1. The van der Waals surface area contributed by atoms with Crippen LogP contribution < -0.4 is 10.1 Å². The van der Waals surface area contributed by atoms with E-state index in [1.165, 1.54) is 37.4 Å². The number of Topliss-reactive ketones (excluding diaryl/α,β-unsaturated/α-hetero) is 1. The Morgan fingerprint density at radius 2 is 1.89 bits per heavy atom. The summed E-state index contributed by atoms with van der Waals surface area (Å²) in [5.41, 5.74) is 0.614. The molecule has 1 N–H and O–H groups in total. The van der Waals surface area contributed by atoms with Crippen molar-refractivity contribution in [2.75, 3.05) is 12.4 Å². The summed E-state index contributed by atoms with van der Waals surface area (Å²) in [7, 11) is 1.50. The maximum atomic E-state index is 12.2. The van der Waals surface area contributed by atoms with Crippen LogP contribution in [0.3, 0.4) is 0 Å². The molecule has 1 heterocycles. The van der Waals surface area contributed by atoms with E-state index < -0.39 is 16.6 Å². The summed E-state index contributed by atoms with van der Waals surface area (Å²) in [4.78, 5) is 34.6. The fourth-order valence-electron chi connectivity index (χ4n) is 2.17. The summed E-state index contributed by atoms with van der Waals surface area (Å²) in [6, 6.07) is 12.0. The van der Waals surface area contributed by atoms with Crippen LogP contribution >= 0.6 is 11.3 Å². The first-order chi connectivity index (χ1) is 13.0. The topological polar surface area (TPSA) is 124 Å². The van der Waals surface area contributed by atoms with Crippen LogP contribution in [0.15, 0.2) is 48.5 Å². The van der Waals surface area contributed by atoms with Crippen LogP contribution in [-0.2, 0) is 4.79 Å². The SMILES string of the molecule is COc1ccc(C(=O)C(=O)Nc2nnc(-c3cccc([N+](=O)[O-])c3)s2)cc1. The molecular weight excluding hydrogens is 372 g/mol. The van der Waals surface area contributed by atoms with Gasteiger partial charge in [-0.25, -0.2) is 0 Å². The highest BCUT2D eigenvalue weighted by atomic mass is 32.1. The third kappa shape index (κ3) is 4.12. The highest BCUT2D eigenvalue weighted by Gasteiger charge is 2.19. The molecule has 0 radical (unpaired) electrons. The second-order valence-electron chi connectivity index (χ2n) is 5.23. The monoisotopic (exact) mass is 384 g/mol. The summed E-state index contributed by atoms with van der Waals surface area (Å²) in [5, 5.41) is 21.4. The van der Waals surface area contributed by atoms with Crippen molar-refractivity contribution >= 4 is 33.8 Å². The first-order valence-electron chi connectivity index (χ1n) is 7.56. The van der Waals surface area contributed by atoms with Gasteiger partial charge in [-0.2, -0.15) is 0 Å². The van der Waals surface area contributed by atoms with Gasteiger partial charge in [0.05, 0.1) is 12.0 Å². The maximum absolute atomic E-state index is 12.2. The zero-order valence-electron chi connectivity index (χ0n) is 13.9. The first-order valence-corrected chi connectivity index (χ1v) is 8.37. The number of hydrogen-bond donors (Lipinski definition) is 1. The van der Waals surface area contributed by atoms with Crippen LogP contribution in [0.25, 0.3) is 10.6 Å². The van der Waals surface area contributed by atoms with E-state index in [-0.39, 0.29) is 16.4 Å². The van der Waals surface area contributed by atoms with Gasteiger partial charge in [-0.15, -0.1) is 10.2 Å². The molecule has 0 fully saturated rings. The maximum Gasteiger partial charge on any atom is 0.298 e. The number of methoxy groups -OCH3 is 1. The summed E-state index contributed by atoms with van der Waals surface area (Å²) in [5.74, 6) is -1.02. The second kappa shape index (κ2) is 7.70. The molecule has 2 aromatic carbocycles. The molecule has 0 aliphatic rings. The van der Waals surface area contributed by atoms with E-state index in [0.717, 1.165) is 11.3 Å². The molecule has 136 valence electrons. The quantitative estimate of drug-likeness (QED) is 0.300. The molecule has 0 aliphatic heterocycles. The molecule has 9 nitrogen and oxygen atoms in total. The molecule has 10 heteroatoms. The van der Waals surface area contributed by atoms with E-state index in [1.807, 2.05) is 0 Å². The van der Waals surface area contributed by atoms with Crippen molar-refractivity contribution in [2.45, 2.75) is 0 Å². The lowest BCUT2D eigenvalue weighted by atomic mass is 10.1. The molecule has 27 heavy (non-hydrogen) atoms. The number of benzene rings is 2. The summed E-state index contributed by atoms with van der Waals surface area (Å²) in [6.07, 6.45) is 0. The summed E-state index contributed by atoms with van der Waals surface area (Å²) >= 11 is 1.00. The number of aromatic nitrogens is 2. The van der Waals surface area contributed by atoms with Gasteiger partial charge in [0.15, 0.2) is 0 Å². The van der Waals surface area contributed by atoms with Crippen molar-refractivity contribution in [3.8, 4) is 16.3 Å². The molecule has 3 rings (SSSR count). The van der Waals surface area contributed by atoms with Crippen molar-refractivity contribution in [3.63, 3.8) is 0 Å². The third-order valence-corrected chi connectivity index (χ3v) is 4.40. The fourth-order valence-corrected chi connectivity index (χ4v) is 2.91. The number of nitro groups is 1. The first kappa shape index (κ1) is 18.1. The number of non-ortho nitro benzene ring substituents is 1. The number of hydrogen-bond acceptors (Lipinski definition) is 8. The Balaban J connectivity index is 1.73. The standard InChI is InChI=1S/C17H12N4O5S/c1-26-13-7-5-10(6-8-13)14(22)15(23)18-17-20-19-16(27-17)11-3-2-4-12(9-11)21(24)25/h2-9H,1H3,(H,18,20,23). The van der Waals surface area contributed by atoms with E-state index in [4.69, 9.17) is 4.74 Å². The average molecular weight is 384 g/mol. The van der Waals surface area contributed by atoms with Gasteiger partial charge in [0.25, 0.3) is 17.4 Å². The van der Waals surface area contributed by atoms with E-state index in [2.05, 4.69) is 15.5 Å². The Morgan fingerprint density at radius 3 is 2.56 bits per heavy atom. The number of nitrogens with zero attached hydrogens (tertiary/aromatic N) is 3. The van der Waals surface area contributed by atoms with Crippen LogP contribution in [0.5, 0.6) is 5.75 Å². The molecule has 0 saturated carbocycles. The number of nitro benzene ring substituents is 1. The van der Waals surface area contributed by atoms with E-state index in [1.54, 1.807) is 18.2 Å². The normalized spacial score (nSPS) is 10.3. The number of nitrogens with one attached hydrogen (secondary N) is 1. The molecule has 0 saturated heterocycles. The Hall–Kier alpha value is -3.66. The highest BCUT2D eigenvalue weighted by molar-refractivity contribution is 7.18. The van der Waals surface area contributed by atoms with Crippen LogP contribution in [0, 0.1) is 10.1 Å². The number of ether oxygens (including phenoxy) is 1. The van der Waals surface area contributed by atoms with Gasteiger partial charge in [-0.1, -0.05) is 23.5 Å². The number of carbonyl (C=O) groups excluding carboxylic acids is 2. The molecule has 1 aromatic heterocycles. The molecule has 0 atom stereocenters. The molecular formula is C17H12N4O5S. The lowest BCUT2D eigenvalue weighted by Crippen LogP contribution is -2.22. The van der Waals surface area contributed by atoms with Gasteiger partial charge in [0.1, 0.15) is 10.8 Å². The van der Waals surface area contributed by atoms with Crippen LogP contribution in [0.2, 0.25) is 0 Å².